The summed E-state index contributed by atoms with van der Waals surface area (Å²) in [4.78, 5) is 0. The zero-order chi connectivity index (χ0) is 28.5. The van der Waals surface area contributed by atoms with Gasteiger partial charge in [-0.2, -0.15) is 0 Å². The Morgan fingerprint density at radius 3 is 0.829 bits per heavy atom. The second-order valence-corrected chi connectivity index (χ2v) is 19.9. The predicted octanol–water partition coefficient (Wildman–Crippen LogP) is 9.75. The van der Waals surface area contributed by atoms with Gasteiger partial charge in [0.25, 0.3) is 0 Å². The number of hydrogen-bond donors (Lipinski definition) is 0. The first-order chi connectivity index (χ1) is 20.3. The fourth-order valence-electron chi connectivity index (χ4n) is 6.53. The summed E-state index contributed by atoms with van der Waals surface area (Å²) in [6, 6.07) is 44.9. The standard InChI is InChI=1S/2C18H21P.2ClH.Pt/c2*1-4-10-16(11-5-1)19(17-12-6-2-7-13-17)18-14-8-3-9-15-18;;;/h2*1-2,4-7,10-13,18H,3,8-9,14-15H2;2*1H;/q;;;;+2. The molecule has 0 heterocycles. The Balaban J connectivity index is 0.000000173. The van der Waals surface area contributed by atoms with Gasteiger partial charge in [-0.3, -0.25) is 0 Å². The Morgan fingerprint density at radius 2 is 0.610 bits per heavy atom. The van der Waals surface area contributed by atoms with Crippen molar-refractivity contribution in [2.75, 3.05) is 0 Å². The molecule has 6 rings (SSSR count). The van der Waals surface area contributed by atoms with Gasteiger partial charge in [0.05, 0.1) is 48.4 Å². The predicted molar refractivity (Wildman–Crippen MR) is 186 cm³/mol. The van der Waals surface area contributed by atoms with Crippen molar-refractivity contribution in [2.45, 2.75) is 75.5 Å². The number of halogens is 2. The average Bonchev–Trinajstić information content (AvgIpc) is 3.05. The minimum atomic E-state index is -0.600. The Labute approximate surface area is 267 Å². The molecule has 0 saturated heterocycles. The minimum Gasteiger partial charge on any atom is -0.0620 e. The van der Waals surface area contributed by atoms with Gasteiger partial charge in [-0.25, -0.2) is 0 Å². The molecule has 0 nitrogen and oxygen atoms in total. The van der Waals surface area contributed by atoms with Crippen LogP contribution in [0.25, 0.3) is 0 Å². The molecule has 2 fully saturated rings. The van der Waals surface area contributed by atoms with E-state index >= 15 is 0 Å². The largest absolute Gasteiger partial charge is 0.0969 e. The summed E-state index contributed by atoms with van der Waals surface area (Å²) in [5.74, 6) is 0. The fourth-order valence-corrected chi connectivity index (χ4v) is 13.3. The molecule has 0 amide bonds. The Kier molecular flexibility index (Phi) is 15.5. The molecule has 5 heteroatoms. The van der Waals surface area contributed by atoms with Gasteiger partial charge in [0.2, 0.25) is 0 Å². The van der Waals surface area contributed by atoms with Crippen molar-refractivity contribution in [1.29, 1.82) is 0 Å². The van der Waals surface area contributed by atoms with Crippen LogP contribution in [-0.2, 0) is 16.5 Å². The second kappa shape index (κ2) is 19.3. The van der Waals surface area contributed by atoms with E-state index < -0.39 is 32.3 Å². The van der Waals surface area contributed by atoms with Crippen molar-refractivity contribution in [1.82, 2.24) is 0 Å². The van der Waals surface area contributed by atoms with Crippen LogP contribution in [0.15, 0.2) is 121 Å². The number of benzene rings is 4. The third kappa shape index (κ3) is 10.6. The summed E-state index contributed by atoms with van der Waals surface area (Å²) in [6.45, 7) is 0. The maximum Gasteiger partial charge on any atom is 0.0969 e. The fraction of sp³-hybridized carbons (Fsp3) is 0.333. The van der Waals surface area contributed by atoms with Crippen LogP contribution >= 0.6 is 34.7 Å². The number of hydrogen-bond acceptors (Lipinski definition) is 0. The summed E-state index contributed by atoms with van der Waals surface area (Å²) in [5, 5.41) is 6.35. The maximum atomic E-state index is 4.88. The van der Waals surface area contributed by atoms with E-state index in [1.165, 1.54) is 64.2 Å². The van der Waals surface area contributed by atoms with Gasteiger partial charge < -0.3 is 0 Å². The van der Waals surface area contributed by atoms with Gasteiger partial charge in [-0.15, -0.1) is 0 Å². The van der Waals surface area contributed by atoms with Crippen LogP contribution in [0.2, 0.25) is 0 Å². The summed E-state index contributed by atoms with van der Waals surface area (Å²) in [7, 11) is 8.55. The third-order valence-electron chi connectivity index (χ3n) is 8.37. The van der Waals surface area contributed by atoms with Crippen molar-refractivity contribution in [3.8, 4) is 0 Å². The van der Waals surface area contributed by atoms with Crippen LogP contribution in [-0.4, -0.2) is 11.3 Å². The molecular weight excluding hydrogens is 760 g/mol. The van der Waals surface area contributed by atoms with Crippen molar-refractivity contribution in [3.63, 3.8) is 0 Å². The summed E-state index contributed by atoms with van der Waals surface area (Å²) < 4.78 is 0. The van der Waals surface area contributed by atoms with Gasteiger partial charge >= 0.3 is 35.3 Å². The molecule has 0 unspecified atom stereocenters. The first kappa shape index (κ1) is 32.9. The minimum absolute atomic E-state index is 0.472. The Hall–Kier alpha value is -0.992. The maximum absolute atomic E-state index is 4.88. The van der Waals surface area contributed by atoms with Gasteiger partial charge in [0, 0.05) is 0 Å². The molecule has 2 aliphatic carbocycles. The summed E-state index contributed by atoms with van der Waals surface area (Å²) >= 11 is -0.472. The van der Waals surface area contributed by atoms with E-state index in [9.17, 15) is 0 Å². The van der Waals surface area contributed by atoms with Crippen LogP contribution < -0.4 is 21.2 Å². The van der Waals surface area contributed by atoms with Crippen LogP contribution in [0.4, 0.5) is 0 Å². The first-order valence-electron chi connectivity index (χ1n) is 15.1. The normalized spacial score (nSPS) is 16.0. The average molecular weight is 805 g/mol. The second-order valence-electron chi connectivity index (χ2n) is 11.0. The SMILES string of the molecule is [Cl][Pt][Cl].c1ccc([PH+](c2ccccc2)C2CCCCC2)cc1.c1ccc([PH+](c2ccccc2)C2CCCCC2)cc1. The molecule has 220 valence electrons. The van der Waals surface area contributed by atoms with Gasteiger partial charge in [-0.05, 0) is 99.9 Å². The van der Waals surface area contributed by atoms with Gasteiger partial charge in [0.1, 0.15) is 0 Å². The molecule has 0 N–H and O–H groups in total. The van der Waals surface area contributed by atoms with Crippen molar-refractivity contribution in [2.24, 2.45) is 0 Å². The summed E-state index contributed by atoms with van der Waals surface area (Å²) in [6.07, 6.45) is 14.3. The van der Waals surface area contributed by atoms with E-state index in [0.717, 1.165) is 11.3 Å². The molecular formula is C36H44Cl2P2Pt+2. The Morgan fingerprint density at radius 1 is 0.390 bits per heavy atom. The van der Waals surface area contributed by atoms with Crippen molar-refractivity contribution in [3.05, 3.63) is 121 Å². The molecule has 0 aromatic heterocycles. The zero-order valence-electron chi connectivity index (χ0n) is 23.8. The molecule has 0 spiro atoms. The molecule has 0 aliphatic heterocycles. The van der Waals surface area contributed by atoms with E-state index in [1.54, 1.807) is 21.2 Å². The molecule has 2 saturated carbocycles. The van der Waals surface area contributed by atoms with E-state index in [2.05, 4.69) is 121 Å². The van der Waals surface area contributed by atoms with Crippen LogP contribution in [0, 0.1) is 0 Å². The molecule has 4 aromatic carbocycles. The first-order valence-corrected chi connectivity index (χ1v) is 23.9. The van der Waals surface area contributed by atoms with E-state index in [0.29, 0.717) is 0 Å². The van der Waals surface area contributed by atoms with Gasteiger partial charge in [-0.1, -0.05) is 85.6 Å². The van der Waals surface area contributed by atoms with Crippen LogP contribution in [0.1, 0.15) is 64.2 Å². The molecule has 41 heavy (non-hydrogen) atoms. The van der Waals surface area contributed by atoms with Crippen LogP contribution in [0.5, 0.6) is 0 Å². The van der Waals surface area contributed by atoms with Gasteiger partial charge in [0.15, 0.2) is 0 Å². The quantitative estimate of drug-likeness (QED) is 0.171. The third-order valence-corrected chi connectivity index (χ3v) is 15.0. The molecule has 0 radical (unpaired) electrons. The van der Waals surface area contributed by atoms with E-state index in [4.69, 9.17) is 18.8 Å². The molecule has 0 bridgehead atoms. The van der Waals surface area contributed by atoms with E-state index in [1.807, 2.05) is 0 Å². The van der Waals surface area contributed by atoms with Crippen molar-refractivity contribution >= 4 is 55.9 Å². The zero-order valence-corrected chi connectivity index (χ0v) is 29.6. The molecule has 4 aromatic rings. The monoisotopic (exact) mass is 803 g/mol. The molecule has 0 atom stereocenters. The summed E-state index contributed by atoms with van der Waals surface area (Å²) in [5.41, 5.74) is 1.84. The Bertz CT molecular complexity index is 1020. The van der Waals surface area contributed by atoms with Crippen molar-refractivity contribution < 1.29 is 16.5 Å². The van der Waals surface area contributed by atoms with E-state index in [-0.39, 0.29) is 0 Å². The topological polar surface area (TPSA) is 0 Å². The van der Waals surface area contributed by atoms with Crippen LogP contribution in [0.3, 0.4) is 0 Å². The smallest absolute Gasteiger partial charge is 0.0620 e. The number of rotatable bonds is 6. The molecule has 2 aliphatic rings.